The Labute approximate surface area is 101 Å². The van der Waals surface area contributed by atoms with Crippen LogP contribution in [0.2, 0.25) is 0 Å². The van der Waals surface area contributed by atoms with Crippen LogP contribution < -0.4 is 0 Å². The lowest BCUT2D eigenvalue weighted by Crippen LogP contribution is -1.78. The number of aliphatic carboxylic acids is 1. The van der Waals surface area contributed by atoms with Gasteiger partial charge in [-0.3, -0.25) is 4.79 Å². The molecule has 0 amide bonds. The second kappa shape index (κ2) is 4.83. The number of hydrogen-bond donors (Lipinski definition) is 1. The van der Waals surface area contributed by atoms with E-state index in [1.807, 2.05) is 0 Å². The molecule has 0 heterocycles. The summed E-state index contributed by atoms with van der Waals surface area (Å²) in [5, 5.41) is 7.42. The van der Waals surface area contributed by atoms with Crippen molar-refractivity contribution in [1.82, 2.24) is 0 Å². The number of carboxylic acids is 1. The highest BCUT2D eigenvalue weighted by molar-refractivity contribution is 5.76. The first-order chi connectivity index (χ1) is 8.18. The topological polar surface area (TPSA) is 37.3 Å². The van der Waals surface area contributed by atoms with E-state index in [2.05, 4.69) is 48.5 Å². The van der Waals surface area contributed by atoms with Crippen molar-refractivity contribution in [3.05, 3.63) is 59.7 Å². The van der Waals surface area contributed by atoms with Gasteiger partial charge in [-0.25, -0.2) is 0 Å². The zero-order chi connectivity index (χ0) is 12.3. The van der Waals surface area contributed by atoms with Crippen LogP contribution in [0.5, 0.6) is 0 Å². The number of hydrogen-bond acceptors (Lipinski definition) is 1. The summed E-state index contributed by atoms with van der Waals surface area (Å²) < 4.78 is 0. The van der Waals surface area contributed by atoms with E-state index < -0.39 is 5.97 Å². The Bertz CT molecular complexity index is 497. The number of carbonyl (C=O) groups is 1. The third-order valence-corrected chi connectivity index (χ3v) is 2.71. The lowest BCUT2D eigenvalue weighted by atomic mass is 10.1. The van der Waals surface area contributed by atoms with Crippen molar-refractivity contribution in [2.75, 3.05) is 0 Å². The zero-order valence-corrected chi connectivity index (χ0v) is 9.68. The van der Waals surface area contributed by atoms with E-state index in [0.717, 1.165) is 13.3 Å². The molecule has 17 heavy (non-hydrogen) atoms. The quantitative estimate of drug-likeness (QED) is 0.638. The second-order valence-corrected chi connectivity index (χ2v) is 4.01. The van der Waals surface area contributed by atoms with Gasteiger partial charge in [0.1, 0.15) is 0 Å². The molecule has 0 bridgehead atoms. The summed E-state index contributed by atoms with van der Waals surface area (Å²) in [4.78, 5) is 9.00. The van der Waals surface area contributed by atoms with Crippen molar-refractivity contribution in [3.8, 4) is 11.1 Å². The predicted molar refractivity (Wildman–Crippen MR) is 68.0 cm³/mol. The second-order valence-electron chi connectivity index (χ2n) is 4.01. The first-order valence-corrected chi connectivity index (χ1v) is 5.54. The molecular weight excluding hydrogens is 212 g/mol. The van der Waals surface area contributed by atoms with Crippen LogP contribution >= 0.6 is 0 Å². The van der Waals surface area contributed by atoms with E-state index in [9.17, 15) is 0 Å². The maximum Gasteiger partial charge on any atom is 0.300 e. The number of fused-ring (bicyclic) bond motifs is 3. The minimum atomic E-state index is -0.833. The molecule has 2 aromatic rings. The van der Waals surface area contributed by atoms with Crippen LogP contribution in [0.1, 0.15) is 18.1 Å². The summed E-state index contributed by atoms with van der Waals surface area (Å²) in [5.41, 5.74) is 5.75. The molecule has 0 aromatic heterocycles. The van der Waals surface area contributed by atoms with Crippen LogP contribution in [0.25, 0.3) is 11.1 Å². The standard InChI is InChI=1S/C13H10.C2H4O2/c1-3-7-12-10(5-1)9-11-6-2-4-8-13(11)12;1-2(3)4/h1-8H,9H2;1H3,(H,3,4). The Hall–Kier alpha value is -2.09. The SMILES string of the molecule is CC(=O)O.c1ccc2c(c1)Cc1ccccc1-2. The van der Waals surface area contributed by atoms with E-state index in [1.54, 1.807) is 0 Å². The van der Waals surface area contributed by atoms with Crippen molar-refractivity contribution >= 4 is 5.97 Å². The van der Waals surface area contributed by atoms with E-state index in [0.29, 0.717) is 0 Å². The summed E-state index contributed by atoms with van der Waals surface area (Å²) in [6.45, 7) is 1.08. The fourth-order valence-electron chi connectivity index (χ4n) is 2.08. The number of carboxylic acid groups (broad SMARTS) is 1. The normalized spacial score (nSPS) is 10.9. The molecule has 1 aliphatic rings. The van der Waals surface area contributed by atoms with Crippen molar-refractivity contribution in [2.45, 2.75) is 13.3 Å². The Balaban J connectivity index is 0.000000239. The average Bonchev–Trinajstić information content (AvgIpc) is 2.66. The van der Waals surface area contributed by atoms with E-state index in [-0.39, 0.29) is 0 Å². The molecule has 2 heteroatoms. The van der Waals surface area contributed by atoms with Gasteiger partial charge >= 0.3 is 0 Å². The molecule has 0 unspecified atom stereocenters. The number of benzene rings is 2. The van der Waals surface area contributed by atoms with E-state index in [1.165, 1.54) is 22.3 Å². The summed E-state index contributed by atoms with van der Waals surface area (Å²) in [6.07, 6.45) is 1.10. The molecule has 1 N–H and O–H groups in total. The highest BCUT2D eigenvalue weighted by Crippen LogP contribution is 2.35. The van der Waals surface area contributed by atoms with Gasteiger partial charge in [0.05, 0.1) is 0 Å². The smallest absolute Gasteiger partial charge is 0.300 e. The third-order valence-electron chi connectivity index (χ3n) is 2.71. The third kappa shape index (κ3) is 2.53. The molecule has 0 fully saturated rings. The molecular formula is C15H14O2. The van der Waals surface area contributed by atoms with E-state index >= 15 is 0 Å². The monoisotopic (exact) mass is 226 g/mol. The lowest BCUT2D eigenvalue weighted by molar-refractivity contribution is -0.134. The molecule has 1 aliphatic carbocycles. The van der Waals surface area contributed by atoms with Crippen LogP contribution in [-0.2, 0) is 11.2 Å². The average molecular weight is 226 g/mol. The van der Waals surface area contributed by atoms with Crippen LogP contribution in [0, 0.1) is 0 Å². The van der Waals surface area contributed by atoms with Gasteiger partial charge < -0.3 is 5.11 Å². The molecule has 2 nitrogen and oxygen atoms in total. The van der Waals surface area contributed by atoms with Crippen molar-refractivity contribution in [2.24, 2.45) is 0 Å². The molecule has 2 aromatic carbocycles. The van der Waals surface area contributed by atoms with Crippen molar-refractivity contribution in [1.29, 1.82) is 0 Å². The molecule has 0 saturated carbocycles. The lowest BCUT2D eigenvalue weighted by Gasteiger charge is -1.98. The summed E-state index contributed by atoms with van der Waals surface area (Å²) in [7, 11) is 0. The van der Waals surface area contributed by atoms with Gasteiger partial charge in [0.15, 0.2) is 0 Å². The minimum Gasteiger partial charge on any atom is -0.481 e. The predicted octanol–water partition coefficient (Wildman–Crippen LogP) is 3.35. The summed E-state index contributed by atoms with van der Waals surface area (Å²) in [6, 6.07) is 17.3. The Morgan fingerprint density at radius 2 is 1.29 bits per heavy atom. The Morgan fingerprint density at radius 3 is 1.71 bits per heavy atom. The van der Waals surface area contributed by atoms with Gasteiger partial charge in [0.2, 0.25) is 0 Å². The molecule has 0 spiro atoms. The van der Waals surface area contributed by atoms with Crippen LogP contribution in [-0.4, -0.2) is 11.1 Å². The molecule has 3 rings (SSSR count). The van der Waals surface area contributed by atoms with Gasteiger partial charge in [-0.1, -0.05) is 48.5 Å². The first-order valence-electron chi connectivity index (χ1n) is 5.54. The van der Waals surface area contributed by atoms with Crippen LogP contribution in [0.4, 0.5) is 0 Å². The Kier molecular flexibility index (Phi) is 3.24. The zero-order valence-electron chi connectivity index (χ0n) is 9.68. The van der Waals surface area contributed by atoms with Crippen molar-refractivity contribution < 1.29 is 9.90 Å². The fraction of sp³-hybridized carbons (Fsp3) is 0.133. The molecule has 0 aliphatic heterocycles. The van der Waals surface area contributed by atoms with Crippen LogP contribution in [0.3, 0.4) is 0 Å². The molecule has 86 valence electrons. The van der Waals surface area contributed by atoms with E-state index in [4.69, 9.17) is 9.90 Å². The maximum absolute atomic E-state index is 9.00. The molecule has 0 radical (unpaired) electrons. The highest BCUT2D eigenvalue weighted by atomic mass is 16.4. The molecule has 0 atom stereocenters. The first kappa shape index (κ1) is 11.4. The van der Waals surface area contributed by atoms with Gasteiger partial charge in [0, 0.05) is 6.92 Å². The highest BCUT2D eigenvalue weighted by Gasteiger charge is 2.15. The minimum absolute atomic E-state index is 0.833. The molecule has 0 saturated heterocycles. The van der Waals surface area contributed by atoms with Gasteiger partial charge in [-0.2, -0.15) is 0 Å². The van der Waals surface area contributed by atoms with Gasteiger partial charge in [-0.05, 0) is 28.7 Å². The Morgan fingerprint density at radius 1 is 0.941 bits per heavy atom. The van der Waals surface area contributed by atoms with Crippen LogP contribution in [0.15, 0.2) is 48.5 Å². The fourth-order valence-corrected chi connectivity index (χ4v) is 2.08. The maximum atomic E-state index is 9.00. The summed E-state index contributed by atoms with van der Waals surface area (Å²) >= 11 is 0. The largest absolute Gasteiger partial charge is 0.481 e. The van der Waals surface area contributed by atoms with Gasteiger partial charge in [-0.15, -0.1) is 0 Å². The van der Waals surface area contributed by atoms with Crippen molar-refractivity contribution in [3.63, 3.8) is 0 Å². The van der Waals surface area contributed by atoms with Gasteiger partial charge in [0.25, 0.3) is 5.97 Å². The summed E-state index contributed by atoms with van der Waals surface area (Å²) in [5.74, 6) is -0.833. The number of rotatable bonds is 0.